The Labute approximate surface area is 172 Å². The molecular weight excluding hydrogens is 386 g/mol. The largest absolute Gasteiger partial charge is 0.326 e. The van der Waals surface area contributed by atoms with Gasteiger partial charge in [-0.1, -0.05) is 6.07 Å². The van der Waals surface area contributed by atoms with E-state index in [1.807, 2.05) is 30.5 Å². The summed E-state index contributed by atoms with van der Waals surface area (Å²) in [6.07, 6.45) is 3.54. The average molecular weight is 407 g/mol. The summed E-state index contributed by atoms with van der Waals surface area (Å²) in [5.74, 6) is 0.384. The van der Waals surface area contributed by atoms with Crippen molar-refractivity contribution in [3.05, 3.63) is 46.6 Å². The fourth-order valence-electron chi connectivity index (χ4n) is 3.61. The third kappa shape index (κ3) is 3.55. The molecule has 7 nitrogen and oxygen atoms in total. The number of amides is 2. The standard InChI is InChI=1S/C21H21N5O2S/c1-2-26-18(10-16(25-26)12-3-4-12)20(28)24-21-23-17(11-29-21)14-5-7-15-13(9-14)6-8-19(27)22-15/h5,7,9-12H,2-4,6,8H2,1H3,(H,22,27)(H,23,24,28). The molecule has 2 aromatic heterocycles. The highest BCUT2D eigenvalue weighted by Gasteiger charge is 2.28. The zero-order valence-electron chi connectivity index (χ0n) is 16.1. The van der Waals surface area contributed by atoms with E-state index in [1.54, 1.807) is 4.68 Å². The van der Waals surface area contributed by atoms with Crippen LogP contribution in [0, 0.1) is 0 Å². The van der Waals surface area contributed by atoms with Gasteiger partial charge in [-0.3, -0.25) is 19.6 Å². The molecule has 1 aliphatic carbocycles. The van der Waals surface area contributed by atoms with E-state index >= 15 is 0 Å². The number of aryl methyl sites for hydroxylation is 2. The molecule has 29 heavy (non-hydrogen) atoms. The van der Waals surface area contributed by atoms with Crippen LogP contribution in [0.15, 0.2) is 29.6 Å². The van der Waals surface area contributed by atoms with Crippen LogP contribution in [0.3, 0.4) is 0 Å². The highest BCUT2D eigenvalue weighted by molar-refractivity contribution is 7.14. The molecule has 1 fully saturated rings. The summed E-state index contributed by atoms with van der Waals surface area (Å²) in [4.78, 5) is 28.9. The normalized spacial score (nSPS) is 15.7. The number of thiazole rings is 1. The maximum atomic E-state index is 12.8. The monoisotopic (exact) mass is 407 g/mol. The molecule has 8 heteroatoms. The lowest BCUT2D eigenvalue weighted by Gasteiger charge is -2.17. The van der Waals surface area contributed by atoms with Gasteiger partial charge in [-0.25, -0.2) is 4.98 Å². The summed E-state index contributed by atoms with van der Waals surface area (Å²) in [7, 11) is 0. The van der Waals surface area contributed by atoms with Crippen molar-refractivity contribution in [3.63, 3.8) is 0 Å². The van der Waals surface area contributed by atoms with E-state index in [-0.39, 0.29) is 11.8 Å². The number of carbonyl (C=O) groups is 2. The van der Waals surface area contributed by atoms with Crippen molar-refractivity contribution in [2.24, 2.45) is 0 Å². The maximum absolute atomic E-state index is 12.8. The van der Waals surface area contributed by atoms with E-state index in [1.165, 1.54) is 11.3 Å². The van der Waals surface area contributed by atoms with Gasteiger partial charge in [0.2, 0.25) is 5.91 Å². The van der Waals surface area contributed by atoms with Gasteiger partial charge in [0, 0.05) is 35.5 Å². The summed E-state index contributed by atoms with van der Waals surface area (Å²) in [6, 6.07) is 7.82. The van der Waals surface area contributed by atoms with E-state index in [0.29, 0.717) is 29.7 Å². The van der Waals surface area contributed by atoms with Gasteiger partial charge in [0.05, 0.1) is 11.4 Å². The van der Waals surface area contributed by atoms with E-state index in [0.717, 1.165) is 47.5 Å². The summed E-state index contributed by atoms with van der Waals surface area (Å²) in [5.41, 5.74) is 5.36. The maximum Gasteiger partial charge on any atom is 0.275 e. The van der Waals surface area contributed by atoms with Gasteiger partial charge in [0.15, 0.2) is 5.13 Å². The third-order valence-corrected chi connectivity index (χ3v) is 6.11. The SMILES string of the molecule is CCn1nc(C2CC2)cc1C(=O)Nc1nc(-c2ccc3c(c2)CCC(=O)N3)cs1. The lowest BCUT2D eigenvalue weighted by molar-refractivity contribution is -0.116. The Morgan fingerprint density at radius 1 is 1.31 bits per heavy atom. The van der Waals surface area contributed by atoms with Gasteiger partial charge in [-0.05, 0) is 49.9 Å². The topological polar surface area (TPSA) is 88.9 Å². The van der Waals surface area contributed by atoms with Crippen molar-refractivity contribution < 1.29 is 9.59 Å². The molecule has 3 aromatic rings. The second-order valence-electron chi connectivity index (χ2n) is 7.46. The molecule has 0 bridgehead atoms. The molecule has 0 radical (unpaired) electrons. The lowest BCUT2D eigenvalue weighted by atomic mass is 9.99. The Morgan fingerprint density at radius 2 is 2.17 bits per heavy atom. The Bertz CT molecular complexity index is 1110. The molecule has 0 atom stereocenters. The number of aromatic nitrogens is 3. The first-order chi connectivity index (χ1) is 14.1. The van der Waals surface area contributed by atoms with E-state index in [4.69, 9.17) is 0 Å². The van der Waals surface area contributed by atoms with Crippen LogP contribution in [0.25, 0.3) is 11.3 Å². The summed E-state index contributed by atoms with van der Waals surface area (Å²) in [6.45, 7) is 2.64. The van der Waals surface area contributed by atoms with Gasteiger partial charge in [0.1, 0.15) is 5.69 Å². The molecule has 2 amide bonds. The Balaban J connectivity index is 1.34. The number of anilines is 2. The molecule has 0 unspecified atom stereocenters. The summed E-state index contributed by atoms with van der Waals surface area (Å²) >= 11 is 1.40. The van der Waals surface area contributed by atoms with E-state index in [2.05, 4.69) is 26.8 Å². The predicted octanol–water partition coefficient (Wildman–Crippen LogP) is 4.04. The Hall–Kier alpha value is -3.00. The fraction of sp³-hybridized carbons (Fsp3) is 0.333. The fourth-order valence-corrected chi connectivity index (χ4v) is 4.32. The zero-order chi connectivity index (χ0) is 20.0. The van der Waals surface area contributed by atoms with Crippen LogP contribution in [0.4, 0.5) is 10.8 Å². The first kappa shape index (κ1) is 18.1. The second-order valence-corrected chi connectivity index (χ2v) is 8.31. The van der Waals surface area contributed by atoms with E-state index < -0.39 is 0 Å². The first-order valence-electron chi connectivity index (χ1n) is 9.88. The van der Waals surface area contributed by atoms with E-state index in [9.17, 15) is 9.59 Å². The van der Waals surface area contributed by atoms with Crippen LogP contribution >= 0.6 is 11.3 Å². The molecule has 5 rings (SSSR count). The predicted molar refractivity (Wildman–Crippen MR) is 112 cm³/mol. The van der Waals surface area contributed by atoms with Crippen LogP contribution in [-0.2, 0) is 17.8 Å². The van der Waals surface area contributed by atoms with Crippen molar-refractivity contribution >= 4 is 34.0 Å². The van der Waals surface area contributed by atoms with Gasteiger partial charge >= 0.3 is 0 Å². The molecule has 2 N–H and O–H groups in total. The van der Waals surface area contributed by atoms with Crippen molar-refractivity contribution in [1.29, 1.82) is 0 Å². The number of benzene rings is 1. The molecular formula is C21H21N5O2S. The van der Waals surface area contributed by atoms with Crippen LogP contribution < -0.4 is 10.6 Å². The van der Waals surface area contributed by atoms with Crippen LogP contribution in [0.5, 0.6) is 0 Å². The Morgan fingerprint density at radius 3 is 2.97 bits per heavy atom. The average Bonchev–Trinajstić information content (AvgIpc) is 3.31. The van der Waals surface area contributed by atoms with Gasteiger partial charge in [0.25, 0.3) is 5.91 Å². The molecule has 1 saturated carbocycles. The van der Waals surface area contributed by atoms with Crippen molar-refractivity contribution in [1.82, 2.24) is 14.8 Å². The molecule has 0 spiro atoms. The smallest absolute Gasteiger partial charge is 0.275 e. The molecule has 1 aliphatic heterocycles. The van der Waals surface area contributed by atoms with Crippen LogP contribution in [0.1, 0.15) is 53.8 Å². The number of nitrogens with one attached hydrogen (secondary N) is 2. The summed E-state index contributed by atoms with van der Waals surface area (Å²) in [5, 5.41) is 12.9. The van der Waals surface area contributed by atoms with Crippen LogP contribution in [0.2, 0.25) is 0 Å². The minimum absolute atomic E-state index is 0.0556. The van der Waals surface area contributed by atoms with Gasteiger partial charge in [-0.15, -0.1) is 11.3 Å². The highest BCUT2D eigenvalue weighted by atomic mass is 32.1. The number of rotatable bonds is 5. The molecule has 1 aromatic carbocycles. The number of hydrogen-bond donors (Lipinski definition) is 2. The number of nitrogens with zero attached hydrogens (tertiary/aromatic N) is 3. The molecule has 0 saturated heterocycles. The molecule has 2 aliphatic rings. The van der Waals surface area contributed by atoms with Gasteiger partial charge in [-0.2, -0.15) is 5.10 Å². The number of hydrogen-bond acceptors (Lipinski definition) is 5. The summed E-state index contributed by atoms with van der Waals surface area (Å²) < 4.78 is 1.76. The van der Waals surface area contributed by atoms with Gasteiger partial charge < -0.3 is 5.32 Å². The third-order valence-electron chi connectivity index (χ3n) is 5.35. The molecule has 148 valence electrons. The second kappa shape index (κ2) is 7.11. The Kier molecular flexibility index (Phi) is 4.43. The number of carbonyl (C=O) groups excluding carboxylic acids is 2. The molecule has 3 heterocycles. The van der Waals surface area contributed by atoms with Crippen LogP contribution in [-0.4, -0.2) is 26.6 Å². The minimum Gasteiger partial charge on any atom is -0.326 e. The van der Waals surface area contributed by atoms with Crippen molar-refractivity contribution in [3.8, 4) is 11.3 Å². The quantitative estimate of drug-likeness (QED) is 0.668. The zero-order valence-corrected chi connectivity index (χ0v) is 16.9. The van der Waals surface area contributed by atoms with Crippen molar-refractivity contribution in [2.45, 2.75) is 45.1 Å². The number of fused-ring (bicyclic) bond motifs is 1. The highest BCUT2D eigenvalue weighted by Crippen LogP contribution is 2.39. The minimum atomic E-state index is -0.180. The first-order valence-corrected chi connectivity index (χ1v) is 10.8. The van der Waals surface area contributed by atoms with Crippen molar-refractivity contribution in [2.75, 3.05) is 10.6 Å². The lowest BCUT2D eigenvalue weighted by Crippen LogP contribution is -2.18.